The van der Waals surface area contributed by atoms with Crippen LogP contribution in [0.1, 0.15) is 138 Å². The van der Waals surface area contributed by atoms with Crippen LogP contribution in [0, 0.1) is 11.8 Å². The van der Waals surface area contributed by atoms with Crippen LogP contribution in [0.5, 0.6) is 0 Å². The van der Waals surface area contributed by atoms with Gasteiger partial charge in [-0.1, -0.05) is 57.8 Å². The Balaban J connectivity index is 1.60. The van der Waals surface area contributed by atoms with Gasteiger partial charge in [0.2, 0.25) is 17.6 Å². The molecule has 4 atom stereocenters. The van der Waals surface area contributed by atoms with Crippen molar-refractivity contribution in [2.75, 3.05) is 12.3 Å². The number of carbonyl (C=O) groups excluding carboxylic acids is 5. The number of Topliss-reactive ketones (excluding diaryl/α,β-unsaturated/α-hetero) is 1. The van der Waals surface area contributed by atoms with E-state index in [2.05, 4.69) is 16.0 Å². The van der Waals surface area contributed by atoms with Gasteiger partial charge >= 0.3 is 6.03 Å². The van der Waals surface area contributed by atoms with Gasteiger partial charge in [0.05, 0.1) is 33.8 Å². The summed E-state index contributed by atoms with van der Waals surface area (Å²) in [7, 11) is -3.57. The van der Waals surface area contributed by atoms with E-state index in [0.29, 0.717) is 32.1 Å². The third kappa shape index (κ3) is 10.9. The lowest BCUT2D eigenvalue weighted by molar-refractivity contribution is -0.143. The molecule has 4 rings (SSSR count). The minimum absolute atomic E-state index is 0.103. The summed E-state index contributed by atoms with van der Waals surface area (Å²) in [5, 5.41) is 8.78. The molecule has 51 heavy (non-hydrogen) atoms. The van der Waals surface area contributed by atoms with Gasteiger partial charge in [0.1, 0.15) is 12.1 Å². The lowest BCUT2D eigenvalue weighted by Gasteiger charge is -2.40. The smallest absolute Gasteiger partial charge is 0.315 e. The summed E-state index contributed by atoms with van der Waals surface area (Å²) in [4.78, 5) is 68.9. The van der Waals surface area contributed by atoms with Crippen LogP contribution >= 0.6 is 0 Å². The molecular formula is C37H63N5O8S. The minimum atomic E-state index is -3.57. The van der Waals surface area contributed by atoms with Crippen molar-refractivity contribution < 1.29 is 37.1 Å². The number of nitrogens with two attached hydrogens (primary N) is 1. The zero-order valence-electron chi connectivity index (χ0n) is 31.7. The molecule has 0 radical (unpaired) electrons. The van der Waals surface area contributed by atoms with Crippen molar-refractivity contribution >= 4 is 39.4 Å². The quantitative estimate of drug-likeness (QED) is 0.206. The monoisotopic (exact) mass is 737 g/mol. The van der Waals surface area contributed by atoms with Gasteiger partial charge in [-0.2, -0.15) is 0 Å². The van der Waals surface area contributed by atoms with Crippen molar-refractivity contribution in [2.45, 2.75) is 178 Å². The summed E-state index contributed by atoms with van der Waals surface area (Å²) >= 11 is 0. The lowest BCUT2D eigenvalue weighted by Crippen LogP contribution is -2.62. The number of ketones is 1. The van der Waals surface area contributed by atoms with Crippen molar-refractivity contribution in [1.82, 2.24) is 20.9 Å². The molecule has 3 aliphatic carbocycles. The number of sulfone groups is 1. The van der Waals surface area contributed by atoms with Gasteiger partial charge in [0.15, 0.2) is 9.84 Å². The highest BCUT2D eigenvalue weighted by atomic mass is 32.2. The number of nitrogens with one attached hydrogen (secondary N) is 3. The van der Waals surface area contributed by atoms with Crippen LogP contribution in [0.25, 0.3) is 0 Å². The number of hydrogen-bond donors (Lipinski definition) is 4. The number of nitrogens with zero attached hydrogens (tertiary/aromatic N) is 1. The number of amides is 5. The molecule has 0 aromatic rings. The minimum Gasteiger partial charge on any atom is -0.371 e. The number of rotatable bonds is 13. The molecule has 2 unspecified atom stereocenters. The van der Waals surface area contributed by atoms with Gasteiger partial charge in [-0.3, -0.25) is 19.2 Å². The Morgan fingerprint density at radius 2 is 1.47 bits per heavy atom. The normalized spacial score (nSPS) is 24.5. The number of ether oxygens (including phenoxy) is 1. The third-order valence-corrected chi connectivity index (χ3v) is 14.1. The van der Waals surface area contributed by atoms with Gasteiger partial charge in [0, 0.05) is 13.0 Å². The number of urea groups is 1. The standard InChI is InChI=1S/C37H63N5O8S/c1-35(2,3)50-26-21-28(32(45)39-27(30(43)31(38)44)20-24-14-13-15-24)42(22-26)33(46)29(25-16-9-7-10-17-25)40-34(47)41-37(18-11-8-12-19-37)23-51(48,49)36(4,5)6/h24-29H,7-23H2,1-6H3,(H2,38,44)(H,39,45)(H2,40,41,47)/t26?,27?,28-,29-/m0/s1. The first-order chi connectivity index (χ1) is 23.7. The van der Waals surface area contributed by atoms with Crippen molar-refractivity contribution in [1.29, 1.82) is 0 Å². The van der Waals surface area contributed by atoms with Crippen LogP contribution in [0.3, 0.4) is 0 Å². The van der Waals surface area contributed by atoms with E-state index in [-0.39, 0.29) is 30.6 Å². The fourth-order valence-electron chi connectivity index (χ4n) is 8.17. The van der Waals surface area contributed by atoms with Crippen LogP contribution < -0.4 is 21.7 Å². The molecule has 0 aromatic heterocycles. The van der Waals surface area contributed by atoms with Gasteiger partial charge in [-0.25, -0.2) is 13.2 Å². The molecular weight excluding hydrogens is 675 g/mol. The summed E-state index contributed by atoms with van der Waals surface area (Å²) in [6.45, 7) is 10.8. The van der Waals surface area contributed by atoms with E-state index >= 15 is 0 Å². The highest BCUT2D eigenvalue weighted by Crippen LogP contribution is 2.35. The third-order valence-electron chi connectivity index (χ3n) is 11.3. The zero-order valence-corrected chi connectivity index (χ0v) is 32.5. The Bertz CT molecular complexity index is 1390. The molecule has 5 N–H and O–H groups in total. The molecule has 1 aliphatic heterocycles. The highest BCUT2D eigenvalue weighted by Gasteiger charge is 2.47. The Morgan fingerprint density at radius 1 is 0.863 bits per heavy atom. The number of hydrogen-bond acceptors (Lipinski definition) is 8. The predicted molar refractivity (Wildman–Crippen MR) is 194 cm³/mol. The fourth-order valence-corrected chi connectivity index (χ4v) is 9.69. The van der Waals surface area contributed by atoms with E-state index < -0.39 is 79.5 Å². The molecule has 13 nitrogen and oxygen atoms in total. The van der Waals surface area contributed by atoms with E-state index in [9.17, 15) is 32.4 Å². The Morgan fingerprint density at radius 3 is 2.00 bits per heavy atom. The molecule has 3 saturated carbocycles. The second-order valence-corrected chi connectivity index (χ2v) is 20.3. The molecule has 1 heterocycles. The SMILES string of the molecule is CC(C)(C)OC1C[C@@H](C(=O)NC(CC2CCC2)C(=O)C(N)=O)N(C(=O)[C@@H](NC(=O)NC2(CS(=O)(=O)C(C)(C)C)CCCCC2)C2CCCCC2)C1. The molecule has 0 aromatic carbocycles. The van der Waals surface area contributed by atoms with Crippen molar-refractivity contribution in [2.24, 2.45) is 17.6 Å². The average molecular weight is 738 g/mol. The molecule has 1 saturated heterocycles. The first kappa shape index (κ1) is 41.0. The highest BCUT2D eigenvalue weighted by molar-refractivity contribution is 7.92. The van der Waals surface area contributed by atoms with Crippen molar-refractivity contribution in [3.8, 4) is 0 Å². The van der Waals surface area contributed by atoms with E-state index in [1.807, 2.05) is 20.8 Å². The maximum absolute atomic E-state index is 14.7. The Labute approximate surface area is 304 Å². The van der Waals surface area contributed by atoms with E-state index in [4.69, 9.17) is 10.5 Å². The van der Waals surface area contributed by atoms with E-state index in [1.165, 1.54) is 4.90 Å². The van der Waals surface area contributed by atoms with Crippen LogP contribution in [0.4, 0.5) is 4.79 Å². The van der Waals surface area contributed by atoms with Gasteiger partial charge < -0.3 is 31.3 Å². The van der Waals surface area contributed by atoms with Gasteiger partial charge in [-0.05, 0) is 85.5 Å². The molecule has 14 heteroatoms. The first-order valence-corrected chi connectivity index (χ1v) is 20.8. The Kier molecular flexibility index (Phi) is 13.3. The van der Waals surface area contributed by atoms with Gasteiger partial charge in [0.25, 0.3) is 5.91 Å². The summed E-state index contributed by atoms with van der Waals surface area (Å²) in [6.07, 6.45) is 10.6. The van der Waals surface area contributed by atoms with Gasteiger partial charge in [-0.15, -0.1) is 0 Å². The van der Waals surface area contributed by atoms with Crippen LogP contribution in [-0.4, -0.2) is 95.3 Å². The first-order valence-electron chi connectivity index (χ1n) is 19.1. The predicted octanol–water partition coefficient (Wildman–Crippen LogP) is 3.66. The summed E-state index contributed by atoms with van der Waals surface area (Å²) in [6, 6.07) is -3.66. The second kappa shape index (κ2) is 16.5. The maximum atomic E-state index is 14.7. The number of likely N-dealkylation sites (tertiary alicyclic amines) is 1. The number of primary amides is 1. The molecule has 5 amide bonds. The molecule has 4 aliphatic rings. The van der Waals surface area contributed by atoms with Crippen molar-refractivity contribution in [3.63, 3.8) is 0 Å². The maximum Gasteiger partial charge on any atom is 0.315 e. The fraction of sp³-hybridized carbons (Fsp3) is 0.865. The molecule has 290 valence electrons. The number of carbonyl (C=O) groups is 5. The largest absolute Gasteiger partial charge is 0.371 e. The molecule has 0 bridgehead atoms. The summed E-state index contributed by atoms with van der Waals surface area (Å²) in [5.41, 5.74) is 3.84. The van der Waals surface area contributed by atoms with Crippen LogP contribution in [0.2, 0.25) is 0 Å². The van der Waals surface area contributed by atoms with Crippen LogP contribution in [0.15, 0.2) is 0 Å². The summed E-state index contributed by atoms with van der Waals surface area (Å²) < 4.78 is 32.1. The molecule has 0 spiro atoms. The molecule has 4 fully saturated rings. The average Bonchev–Trinajstić information content (AvgIpc) is 3.42. The second-order valence-electron chi connectivity index (χ2n) is 17.6. The van der Waals surface area contributed by atoms with Crippen molar-refractivity contribution in [3.05, 3.63) is 0 Å². The van der Waals surface area contributed by atoms with E-state index in [0.717, 1.165) is 57.8 Å². The Hall–Kier alpha value is -2.74. The zero-order chi connectivity index (χ0) is 37.8. The topological polar surface area (TPSA) is 194 Å². The van der Waals surface area contributed by atoms with Crippen LogP contribution in [-0.2, 0) is 33.8 Å². The lowest BCUT2D eigenvalue weighted by atomic mass is 9.80. The van der Waals surface area contributed by atoms with E-state index in [1.54, 1.807) is 20.8 Å². The summed E-state index contributed by atoms with van der Waals surface area (Å²) in [5.74, 6) is -3.15.